The van der Waals surface area contributed by atoms with E-state index in [2.05, 4.69) is 15.9 Å². The van der Waals surface area contributed by atoms with Gasteiger partial charge in [0.25, 0.3) is 0 Å². The zero-order valence-corrected chi connectivity index (χ0v) is 11.6. The maximum absolute atomic E-state index is 11.6. The molecule has 0 heterocycles. The standard InChI is InChI=1S/C10H7BrINO2/c1-15-9-3-2-7(12)10(6(9)5-13)8(14)4-11/h2-3H,4H2,1H3. The fourth-order valence-electron chi connectivity index (χ4n) is 1.18. The summed E-state index contributed by atoms with van der Waals surface area (Å²) in [6, 6.07) is 5.45. The third-order valence-corrected chi connectivity index (χ3v) is 3.26. The van der Waals surface area contributed by atoms with Gasteiger partial charge in [0.2, 0.25) is 0 Å². The molecule has 0 saturated carbocycles. The zero-order chi connectivity index (χ0) is 11.4. The first-order chi connectivity index (χ1) is 7.15. The minimum atomic E-state index is -0.116. The van der Waals surface area contributed by atoms with Crippen LogP contribution in [-0.4, -0.2) is 18.2 Å². The van der Waals surface area contributed by atoms with Crippen LogP contribution < -0.4 is 4.74 Å². The predicted octanol–water partition coefficient (Wildman–Crippen LogP) is 2.75. The maximum atomic E-state index is 11.6. The Hall–Kier alpha value is -0.610. The molecular weight excluding hydrogens is 373 g/mol. The van der Waals surface area contributed by atoms with E-state index in [0.29, 0.717) is 16.9 Å². The molecule has 0 spiro atoms. The summed E-state index contributed by atoms with van der Waals surface area (Å²) in [5, 5.41) is 9.20. The van der Waals surface area contributed by atoms with E-state index < -0.39 is 0 Å². The molecular formula is C10H7BrINO2. The fraction of sp³-hybridized carbons (Fsp3) is 0.200. The summed E-state index contributed by atoms with van der Waals surface area (Å²) in [7, 11) is 1.48. The van der Waals surface area contributed by atoms with Gasteiger partial charge >= 0.3 is 0 Å². The molecule has 78 valence electrons. The van der Waals surface area contributed by atoms with Crippen molar-refractivity contribution >= 4 is 44.3 Å². The van der Waals surface area contributed by atoms with Crippen molar-refractivity contribution in [2.75, 3.05) is 12.4 Å². The molecule has 3 nitrogen and oxygen atoms in total. The molecule has 1 aromatic carbocycles. The fourth-order valence-corrected chi connectivity index (χ4v) is 2.21. The highest BCUT2D eigenvalue weighted by Gasteiger charge is 2.18. The number of benzene rings is 1. The third-order valence-electron chi connectivity index (χ3n) is 1.85. The number of halogens is 2. The minimum absolute atomic E-state index is 0.116. The van der Waals surface area contributed by atoms with Crippen molar-refractivity contribution in [1.29, 1.82) is 5.26 Å². The van der Waals surface area contributed by atoms with Gasteiger partial charge in [-0.15, -0.1) is 0 Å². The van der Waals surface area contributed by atoms with Gasteiger partial charge in [-0.05, 0) is 34.7 Å². The maximum Gasteiger partial charge on any atom is 0.175 e. The van der Waals surface area contributed by atoms with Gasteiger partial charge in [0, 0.05) is 3.57 Å². The summed E-state index contributed by atoms with van der Waals surface area (Å²) in [6.07, 6.45) is 0. The highest BCUT2D eigenvalue weighted by atomic mass is 127. The number of ether oxygens (including phenoxy) is 1. The van der Waals surface area contributed by atoms with E-state index in [4.69, 9.17) is 10.00 Å². The van der Waals surface area contributed by atoms with Crippen molar-refractivity contribution in [1.82, 2.24) is 0 Å². The molecule has 0 bridgehead atoms. The normalized spacial score (nSPS) is 9.47. The number of hydrogen-bond donors (Lipinski definition) is 0. The summed E-state index contributed by atoms with van der Waals surface area (Å²) >= 11 is 5.12. The lowest BCUT2D eigenvalue weighted by atomic mass is 10.0. The summed E-state index contributed by atoms with van der Waals surface area (Å²) < 4.78 is 5.79. The molecule has 5 heteroatoms. The van der Waals surface area contributed by atoms with Gasteiger partial charge in [0.15, 0.2) is 5.78 Å². The van der Waals surface area contributed by atoms with Crippen molar-refractivity contribution in [3.63, 3.8) is 0 Å². The average molecular weight is 380 g/mol. The Bertz CT molecular complexity index is 440. The Balaban J connectivity index is 3.47. The Morgan fingerprint density at radius 1 is 1.67 bits per heavy atom. The first-order valence-corrected chi connectivity index (χ1v) is 6.21. The molecule has 0 fully saturated rings. The number of Topliss-reactive ketones (excluding diaryl/α,β-unsaturated/α-hetero) is 1. The van der Waals surface area contributed by atoms with Gasteiger partial charge < -0.3 is 4.74 Å². The zero-order valence-electron chi connectivity index (χ0n) is 7.88. The number of alkyl halides is 1. The van der Waals surface area contributed by atoms with Crippen molar-refractivity contribution in [2.45, 2.75) is 0 Å². The summed E-state index contributed by atoms with van der Waals surface area (Å²) in [5.74, 6) is 0.317. The van der Waals surface area contributed by atoms with Gasteiger partial charge in [-0.1, -0.05) is 15.9 Å². The lowest BCUT2D eigenvalue weighted by Crippen LogP contribution is -2.07. The number of rotatable bonds is 3. The van der Waals surface area contributed by atoms with Crippen LogP contribution in [0.4, 0.5) is 0 Å². The van der Waals surface area contributed by atoms with Gasteiger partial charge in [-0.25, -0.2) is 0 Å². The second-order valence-corrected chi connectivity index (χ2v) is 4.39. The number of hydrogen-bond acceptors (Lipinski definition) is 3. The molecule has 0 unspecified atom stereocenters. The van der Waals surface area contributed by atoms with E-state index in [9.17, 15) is 4.79 Å². The molecule has 0 saturated heterocycles. The van der Waals surface area contributed by atoms with Gasteiger partial charge in [-0.2, -0.15) is 5.26 Å². The number of methoxy groups -OCH3 is 1. The molecule has 1 rings (SSSR count). The molecule has 0 aromatic heterocycles. The van der Waals surface area contributed by atoms with Crippen LogP contribution in [0.2, 0.25) is 0 Å². The number of carbonyl (C=O) groups is 1. The van der Waals surface area contributed by atoms with Gasteiger partial charge in [-0.3, -0.25) is 4.79 Å². The lowest BCUT2D eigenvalue weighted by Gasteiger charge is -2.08. The number of ketones is 1. The van der Waals surface area contributed by atoms with Crippen molar-refractivity contribution in [3.05, 3.63) is 26.8 Å². The van der Waals surface area contributed by atoms with Crippen LogP contribution >= 0.6 is 38.5 Å². The van der Waals surface area contributed by atoms with Crippen molar-refractivity contribution in [2.24, 2.45) is 0 Å². The Morgan fingerprint density at radius 3 is 2.80 bits per heavy atom. The number of nitriles is 1. The van der Waals surface area contributed by atoms with Crippen LogP contribution in [0.25, 0.3) is 0 Å². The van der Waals surface area contributed by atoms with Gasteiger partial charge in [0.1, 0.15) is 17.4 Å². The second-order valence-electron chi connectivity index (χ2n) is 2.67. The summed E-state index contributed by atoms with van der Waals surface area (Å²) in [6.45, 7) is 0. The van der Waals surface area contributed by atoms with Crippen molar-refractivity contribution < 1.29 is 9.53 Å². The van der Waals surface area contributed by atoms with E-state index in [-0.39, 0.29) is 11.1 Å². The molecule has 0 aliphatic heterocycles. The largest absolute Gasteiger partial charge is 0.495 e. The highest BCUT2D eigenvalue weighted by Crippen LogP contribution is 2.26. The predicted molar refractivity (Wildman–Crippen MR) is 68.6 cm³/mol. The van der Waals surface area contributed by atoms with E-state index in [1.165, 1.54) is 7.11 Å². The Morgan fingerprint density at radius 2 is 2.33 bits per heavy atom. The monoisotopic (exact) mass is 379 g/mol. The van der Waals surface area contributed by atoms with Crippen LogP contribution in [0.5, 0.6) is 5.75 Å². The number of carbonyl (C=O) groups excluding carboxylic acids is 1. The summed E-state index contributed by atoms with van der Waals surface area (Å²) in [5.41, 5.74) is 0.725. The SMILES string of the molecule is COc1ccc(I)c(C(=O)CBr)c1C#N. The number of nitrogens with zero attached hydrogens (tertiary/aromatic N) is 1. The molecule has 1 aromatic rings. The highest BCUT2D eigenvalue weighted by molar-refractivity contribution is 14.1. The Kier molecular flexibility index (Phi) is 4.54. The van der Waals surface area contributed by atoms with Crippen LogP contribution in [-0.2, 0) is 0 Å². The molecule has 15 heavy (non-hydrogen) atoms. The van der Waals surface area contributed by atoms with Crippen LogP contribution in [0, 0.1) is 14.9 Å². The third kappa shape index (κ3) is 2.49. The Labute approximate surface area is 110 Å². The molecule has 0 N–H and O–H groups in total. The van der Waals surface area contributed by atoms with Crippen LogP contribution in [0.3, 0.4) is 0 Å². The quantitative estimate of drug-likeness (QED) is 0.461. The summed E-state index contributed by atoms with van der Waals surface area (Å²) in [4.78, 5) is 11.6. The minimum Gasteiger partial charge on any atom is -0.495 e. The smallest absolute Gasteiger partial charge is 0.175 e. The molecule has 0 atom stereocenters. The van der Waals surface area contributed by atoms with E-state index in [1.807, 2.05) is 28.7 Å². The van der Waals surface area contributed by atoms with E-state index >= 15 is 0 Å². The molecule has 0 aliphatic carbocycles. The van der Waals surface area contributed by atoms with Gasteiger partial charge in [0.05, 0.1) is 18.0 Å². The lowest BCUT2D eigenvalue weighted by molar-refractivity contribution is 0.102. The van der Waals surface area contributed by atoms with E-state index in [1.54, 1.807) is 12.1 Å². The molecule has 0 aliphatic rings. The van der Waals surface area contributed by atoms with Crippen LogP contribution in [0.1, 0.15) is 15.9 Å². The first kappa shape index (κ1) is 12.5. The first-order valence-electron chi connectivity index (χ1n) is 4.01. The van der Waals surface area contributed by atoms with Crippen LogP contribution in [0.15, 0.2) is 12.1 Å². The van der Waals surface area contributed by atoms with E-state index in [0.717, 1.165) is 3.57 Å². The second kappa shape index (κ2) is 5.47. The molecule has 0 radical (unpaired) electrons. The molecule has 0 amide bonds. The van der Waals surface area contributed by atoms with Crippen molar-refractivity contribution in [3.8, 4) is 11.8 Å². The topological polar surface area (TPSA) is 50.1 Å². The average Bonchev–Trinajstić information content (AvgIpc) is 2.27.